The molecule has 25 heavy (non-hydrogen) atoms. The first kappa shape index (κ1) is 17.3. The molecule has 3 rings (SSSR count). The zero-order valence-electron chi connectivity index (χ0n) is 13.8. The number of nitrogens with zero attached hydrogens (tertiary/aromatic N) is 4. The molecule has 0 spiro atoms. The summed E-state index contributed by atoms with van der Waals surface area (Å²) in [7, 11) is 0. The Labute approximate surface area is 149 Å². The molecule has 0 saturated heterocycles. The molecule has 0 radical (unpaired) electrons. The molecular formula is C18H17FN4OS. The van der Waals surface area contributed by atoms with Gasteiger partial charge in [-0.1, -0.05) is 19.1 Å². The maximum atomic E-state index is 14.1. The van der Waals surface area contributed by atoms with E-state index < -0.39 is 0 Å². The van der Waals surface area contributed by atoms with Gasteiger partial charge in [0.1, 0.15) is 5.82 Å². The third-order valence-electron chi connectivity index (χ3n) is 3.67. The summed E-state index contributed by atoms with van der Waals surface area (Å²) in [6, 6.07) is 10.4. The zero-order chi connectivity index (χ0) is 17.6. The van der Waals surface area contributed by atoms with Crippen molar-refractivity contribution in [2.45, 2.75) is 26.4 Å². The number of aromatic nitrogens is 2. The molecule has 0 aliphatic rings. The van der Waals surface area contributed by atoms with Gasteiger partial charge in [-0.2, -0.15) is 5.26 Å². The van der Waals surface area contributed by atoms with Crippen LogP contribution in [0, 0.1) is 17.1 Å². The number of rotatable bonds is 7. The maximum absolute atomic E-state index is 14.1. The van der Waals surface area contributed by atoms with Crippen LogP contribution in [0.3, 0.4) is 0 Å². The Hall–Kier alpha value is -2.56. The van der Waals surface area contributed by atoms with E-state index in [1.807, 2.05) is 23.6 Å². The molecule has 0 saturated carbocycles. The highest BCUT2D eigenvalue weighted by atomic mass is 32.1. The standard InChI is InChI=1S/C18H17FN4OS/c1-2-7-23(11-14-6-5-13(10-20)9-15(14)19)12-17-21-22-18(24-17)16-4-3-8-25-16/h3-6,8-9H,2,7,11-12H2,1H3. The average Bonchev–Trinajstić information content (AvgIpc) is 3.28. The summed E-state index contributed by atoms with van der Waals surface area (Å²) in [5.74, 6) is 0.641. The van der Waals surface area contributed by atoms with Crippen LogP contribution in [0.15, 0.2) is 40.1 Å². The van der Waals surface area contributed by atoms with E-state index in [2.05, 4.69) is 22.0 Å². The molecule has 0 aliphatic heterocycles. The van der Waals surface area contributed by atoms with E-state index in [4.69, 9.17) is 9.68 Å². The molecule has 0 bridgehead atoms. The van der Waals surface area contributed by atoms with Crippen molar-refractivity contribution < 1.29 is 8.81 Å². The van der Waals surface area contributed by atoms with E-state index in [0.717, 1.165) is 17.8 Å². The van der Waals surface area contributed by atoms with Gasteiger partial charge in [0.25, 0.3) is 5.89 Å². The van der Waals surface area contributed by atoms with Crippen molar-refractivity contribution in [2.24, 2.45) is 0 Å². The summed E-state index contributed by atoms with van der Waals surface area (Å²) in [5.41, 5.74) is 0.867. The molecule has 0 aliphatic carbocycles. The lowest BCUT2D eigenvalue weighted by atomic mass is 10.1. The molecule has 1 aromatic carbocycles. The van der Waals surface area contributed by atoms with Crippen molar-refractivity contribution in [1.29, 1.82) is 5.26 Å². The number of nitriles is 1. The van der Waals surface area contributed by atoms with Crippen molar-refractivity contribution in [1.82, 2.24) is 15.1 Å². The van der Waals surface area contributed by atoms with E-state index in [-0.39, 0.29) is 5.82 Å². The highest BCUT2D eigenvalue weighted by molar-refractivity contribution is 7.13. The largest absolute Gasteiger partial charge is 0.419 e. The van der Waals surface area contributed by atoms with Crippen molar-refractivity contribution >= 4 is 11.3 Å². The number of benzene rings is 1. The molecule has 0 fully saturated rings. The normalized spacial score (nSPS) is 11.0. The van der Waals surface area contributed by atoms with E-state index in [9.17, 15) is 4.39 Å². The topological polar surface area (TPSA) is 66.0 Å². The van der Waals surface area contributed by atoms with Crippen LogP contribution in [-0.2, 0) is 13.1 Å². The van der Waals surface area contributed by atoms with Gasteiger partial charge in [0.05, 0.1) is 23.1 Å². The molecule has 2 aromatic heterocycles. The first-order valence-corrected chi connectivity index (χ1v) is 8.84. The monoisotopic (exact) mass is 356 g/mol. The second-order valence-corrected chi connectivity index (χ2v) is 6.55. The summed E-state index contributed by atoms with van der Waals surface area (Å²) in [4.78, 5) is 2.98. The van der Waals surface area contributed by atoms with Crippen LogP contribution < -0.4 is 0 Å². The Morgan fingerprint density at radius 3 is 2.84 bits per heavy atom. The zero-order valence-corrected chi connectivity index (χ0v) is 14.6. The number of halogens is 1. The van der Waals surface area contributed by atoms with Gasteiger partial charge in [0, 0.05) is 12.1 Å². The second-order valence-electron chi connectivity index (χ2n) is 5.61. The van der Waals surface area contributed by atoms with Crippen LogP contribution in [0.1, 0.15) is 30.4 Å². The van der Waals surface area contributed by atoms with Crippen molar-refractivity contribution in [3.05, 3.63) is 58.5 Å². The SMILES string of the molecule is CCCN(Cc1nnc(-c2cccs2)o1)Cc1ccc(C#N)cc1F. The van der Waals surface area contributed by atoms with Crippen LogP contribution in [0.4, 0.5) is 4.39 Å². The molecular weight excluding hydrogens is 339 g/mol. The summed E-state index contributed by atoms with van der Waals surface area (Å²) in [6.07, 6.45) is 0.920. The summed E-state index contributed by atoms with van der Waals surface area (Å²) >= 11 is 1.54. The van der Waals surface area contributed by atoms with Gasteiger partial charge in [-0.3, -0.25) is 4.90 Å². The van der Waals surface area contributed by atoms with Gasteiger partial charge in [-0.25, -0.2) is 4.39 Å². The summed E-state index contributed by atoms with van der Waals surface area (Å²) < 4.78 is 19.9. The summed E-state index contributed by atoms with van der Waals surface area (Å²) in [5, 5.41) is 19.0. The third kappa shape index (κ3) is 4.29. The van der Waals surface area contributed by atoms with Crippen LogP contribution in [0.25, 0.3) is 10.8 Å². The lowest BCUT2D eigenvalue weighted by Crippen LogP contribution is -2.24. The molecule has 0 unspecified atom stereocenters. The summed E-state index contributed by atoms with van der Waals surface area (Å²) in [6.45, 7) is 3.71. The lowest BCUT2D eigenvalue weighted by molar-refractivity contribution is 0.229. The first-order valence-electron chi connectivity index (χ1n) is 7.96. The van der Waals surface area contributed by atoms with E-state index >= 15 is 0 Å². The Morgan fingerprint density at radius 1 is 1.28 bits per heavy atom. The van der Waals surface area contributed by atoms with Crippen LogP contribution in [0.5, 0.6) is 0 Å². The van der Waals surface area contributed by atoms with Gasteiger partial charge in [-0.05, 0) is 36.5 Å². The molecule has 0 atom stereocenters. The smallest absolute Gasteiger partial charge is 0.257 e. The second kappa shape index (κ2) is 8.01. The predicted octanol–water partition coefficient (Wildman–Crippen LogP) is 4.22. The molecule has 128 valence electrons. The first-order chi connectivity index (χ1) is 12.2. The van der Waals surface area contributed by atoms with Crippen molar-refractivity contribution in [3.63, 3.8) is 0 Å². The fourth-order valence-electron chi connectivity index (χ4n) is 2.52. The van der Waals surface area contributed by atoms with Gasteiger partial charge in [-0.15, -0.1) is 21.5 Å². The molecule has 2 heterocycles. The minimum atomic E-state index is -0.370. The number of thiophene rings is 1. The minimum Gasteiger partial charge on any atom is -0.419 e. The highest BCUT2D eigenvalue weighted by Crippen LogP contribution is 2.23. The van der Waals surface area contributed by atoms with Crippen LogP contribution in [-0.4, -0.2) is 21.6 Å². The molecule has 5 nitrogen and oxygen atoms in total. The minimum absolute atomic E-state index is 0.320. The molecule has 0 amide bonds. The van der Waals surface area contributed by atoms with Crippen LogP contribution >= 0.6 is 11.3 Å². The fraction of sp³-hybridized carbons (Fsp3) is 0.278. The number of hydrogen-bond acceptors (Lipinski definition) is 6. The highest BCUT2D eigenvalue weighted by Gasteiger charge is 2.15. The lowest BCUT2D eigenvalue weighted by Gasteiger charge is -2.20. The number of hydrogen-bond donors (Lipinski definition) is 0. The van der Waals surface area contributed by atoms with Gasteiger partial charge in [0.2, 0.25) is 5.89 Å². The average molecular weight is 356 g/mol. The molecule has 3 aromatic rings. The van der Waals surface area contributed by atoms with Gasteiger partial charge < -0.3 is 4.42 Å². The fourth-order valence-corrected chi connectivity index (χ4v) is 3.17. The van der Waals surface area contributed by atoms with E-state index in [1.54, 1.807) is 23.5 Å². The van der Waals surface area contributed by atoms with Crippen molar-refractivity contribution in [3.8, 4) is 16.8 Å². The molecule has 7 heteroatoms. The van der Waals surface area contributed by atoms with Crippen molar-refractivity contribution in [2.75, 3.05) is 6.54 Å². The Bertz CT molecular complexity index is 870. The Morgan fingerprint density at radius 2 is 2.16 bits per heavy atom. The molecule has 0 N–H and O–H groups in total. The van der Waals surface area contributed by atoms with E-state index in [1.165, 1.54) is 6.07 Å². The quantitative estimate of drug-likeness (QED) is 0.634. The third-order valence-corrected chi connectivity index (χ3v) is 4.53. The van der Waals surface area contributed by atoms with Crippen LogP contribution in [0.2, 0.25) is 0 Å². The van der Waals surface area contributed by atoms with Gasteiger partial charge >= 0.3 is 0 Å². The maximum Gasteiger partial charge on any atom is 0.257 e. The predicted molar refractivity (Wildman–Crippen MR) is 93.1 cm³/mol. The van der Waals surface area contributed by atoms with Gasteiger partial charge in [0.15, 0.2) is 0 Å². The Balaban J connectivity index is 1.72. The van der Waals surface area contributed by atoms with E-state index in [0.29, 0.717) is 36.0 Å². The Kier molecular flexibility index (Phi) is 5.53.